The second-order valence-corrected chi connectivity index (χ2v) is 7.66. The van der Waals surface area contributed by atoms with Crippen LogP contribution < -0.4 is 20.7 Å². The molecule has 0 saturated carbocycles. The number of carbonyl (C=O) groups excluding carboxylic acids is 2. The maximum Gasteiger partial charge on any atom is 0.224 e. The summed E-state index contributed by atoms with van der Waals surface area (Å²) in [5.74, 6) is 0.958. The highest BCUT2D eigenvalue weighted by molar-refractivity contribution is 5.94. The molecule has 1 aromatic carbocycles. The van der Waals surface area contributed by atoms with Gasteiger partial charge in [0.1, 0.15) is 5.75 Å². The predicted octanol–water partition coefficient (Wildman–Crippen LogP) is 2.24. The summed E-state index contributed by atoms with van der Waals surface area (Å²) in [7, 11) is 0. The number of amides is 2. The van der Waals surface area contributed by atoms with Crippen molar-refractivity contribution in [1.29, 1.82) is 0 Å². The maximum absolute atomic E-state index is 12.0. The summed E-state index contributed by atoms with van der Waals surface area (Å²) in [5.41, 5.74) is 2.20. The molecule has 0 aliphatic carbocycles. The van der Waals surface area contributed by atoms with Crippen LogP contribution in [0.3, 0.4) is 0 Å². The van der Waals surface area contributed by atoms with Crippen LogP contribution in [0.4, 0.5) is 5.69 Å². The fraction of sp³-hybridized carbons (Fsp3) is 0.600. The molecule has 1 fully saturated rings. The van der Waals surface area contributed by atoms with E-state index in [2.05, 4.69) is 22.9 Å². The molecule has 0 aromatic heterocycles. The molecule has 2 amide bonds. The largest absolute Gasteiger partial charge is 0.494 e. The fourth-order valence-corrected chi connectivity index (χ4v) is 3.48. The van der Waals surface area contributed by atoms with Gasteiger partial charge in [-0.2, -0.15) is 0 Å². The highest BCUT2D eigenvalue weighted by Crippen LogP contribution is 2.27. The number of ether oxygens (including phenoxy) is 1. The first-order chi connectivity index (χ1) is 12.5. The lowest BCUT2D eigenvalue weighted by molar-refractivity contribution is -0.122. The zero-order valence-corrected chi connectivity index (χ0v) is 15.5. The monoisotopic (exact) mass is 359 g/mol. The topological polar surface area (TPSA) is 79.5 Å². The Morgan fingerprint density at radius 1 is 1.27 bits per heavy atom. The Kier molecular flexibility index (Phi) is 6.14. The quantitative estimate of drug-likeness (QED) is 0.653. The average molecular weight is 359 g/mol. The van der Waals surface area contributed by atoms with Crippen LogP contribution in [0, 0.1) is 5.41 Å². The van der Waals surface area contributed by atoms with Crippen molar-refractivity contribution in [2.75, 3.05) is 31.6 Å². The van der Waals surface area contributed by atoms with Gasteiger partial charge in [-0.3, -0.25) is 9.59 Å². The van der Waals surface area contributed by atoms with Gasteiger partial charge < -0.3 is 20.7 Å². The van der Waals surface area contributed by atoms with E-state index < -0.39 is 0 Å². The van der Waals surface area contributed by atoms with E-state index >= 15 is 0 Å². The number of rotatable bonds is 7. The number of carbonyl (C=O) groups is 2. The number of nitrogens with one attached hydrogen (secondary N) is 3. The molecule has 0 bridgehead atoms. The number of benzene rings is 1. The van der Waals surface area contributed by atoms with Crippen LogP contribution in [0.5, 0.6) is 5.75 Å². The van der Waals surface area contributed by atoms with Gasteiger partial charge in [0.05, 0.1) is 6.61 Å². The number of aryl methyl sites for hydroxylation is 1. The number of anilines is 1. The van der Waals surface area contributed by atoms with Gasteiger partial charge in [-0.1, -0.05) is 6.92 Å². The van der Waals surface area contributed by atoms with Crippen LogP contribution in [0.1, 0.15) is 44.6 Å². The van der Waals surface area contributed by atoms with Gasteiger partial charge in [0.25, 0.3) is 0 Å². The molecule has 1 saturated heterocycles. The Balaban J connectivity index is 1.35. The maximum atomic E-state index is 12.0. The average Bonchev–Trinajstić information content (AvgIpc) is 2.64. The van der Waals surface area contributed by atoms with Gasteiger partial charge in [0, 0.05) is 25.1 Å². The highest BCUT2D eigenvalue weighted by atomic mass is 16.5. The van der Waals surface area contributed by atoms with Crippen molar-refractivity contribution in [3.63, 3.8) is 0 Å². The molecule has 2 aliphatic rings. The lowest BCUT2D eigenvalue weighted by atomic mass is 9.81. The molecule has 3 N–H and O–H groups in total. The number of hydrogen-bond donors (Lipinski definition) is 3. The van der Waals surface area contributed by atoms with Gasteiger partial charge in [-0.05, 0) is 68.0 Å². The lowest BCUT2D eigenvalue weighted by Crippen LogP contribution is -2.42. The molecule has 26 heavy (non-hydrogen) atoms. The molecule has 0 unspecified atom stereocenters. The SMILES string of the molecule is CC1(CNC(=O)CCCOc2ccc3c(c2)CCC(=O)N3)CCNCC1. The van der Waals surface area contributed by atoms with Crippen LogP contribution in [0.15, 0.2) is 18.2 Å². The molecule has 6 nitrogen and oxygen atoms in total. The molecule has 0 atom stereocenters. The molecule has 142 valence electrons. The minimum Gasteiger partial charge on any atom is -0.494 e. The second-order valence-electron chi connectivity index (χ2n) is 7.66. The van der Waals surface area contributed by atoms with E-state index in [1.54, 1.807) is 0 Å². The zero-order chi connectivity index (χ0) is 18.4. The van der Waals surface area contributed by atoms with Gasteiger partial charge >= 0.3 is 0 Å². The Bertz CT molecular complexity index is 654. The van der Waals surface area contributed by atoms with Crippen molar-refractivity contribution in [3.8, 4) is 5.75 Å². The van der Waals surface area contributed by atoms with Crippen LogP contribution in [0.25, 0.3) is 0 Å². The Labute approximate surface area is 155 Å². The first-order valence-corrected chi connectivity index (χ1v) is 9.57. The van der Waals surface area contributed by atoms with E-state index in [9.17, 15) is 9.59 Å². The Hall–Kier alpha value is -2.08. The Morgan fingerprint density at radius 2 is 2.08 bits per heavy atom. The standard InChI is InChI=1S/C20H29N3O3/c1-20(8-10-21-11-9-20)14-22-18(24)3-2-12-26-16-5-6-17-15(13-16)4-7-19(25)23-17/h5-6,13,21H,2-4,7-12,14H2,1H3,(H,22,24)(H,23,25). The van der Waals surface area contributed by atoms with Gasteiger partial charge in [0.2, 0.25) is 11.8 Å². The molecule has 3 rings (SSSR count). The van der Waals surface area contributed by atoms with Crippen LogP contribution in [-0.4, -0.2) is 38.1 Å². The predicted molar refractivity (Wildman–Crippen MR) is 101 cm³/mol. The number of fused-ring (bicyclic) bond motifs is 1. The van der Waals surface area contributed by atoms with Crippen molar-refractivity contribution in [3.05, 3.63) is 23.8 Å². The molecule has 2 aliphatic heterocycles. The van der Waals surface area contributed by atoms with E-state index in [1.165, 1.54) is 0 Å². The third-order valence-electron chi connectivity index (χ3n) is 5.31. The summed E-state index contributed by atoms with van der Waals surface area (Å²) in [6.45, 7) is 5.58. The third-order valence-corrected chi connectivity index (χ3v) is 5.31. The van der Waals surface area contributed by atoms with E-state index in [0.29, 0.717) is 25.9 Å². The minimum atomic E-state index is 0.0653. The van der Waals surface area contributed by atoms with E-state index in [-0.39, 0.29) is 17.2 Å². The van der Waals surface area contributed by atoms with Crippen molar-refractivity contribution in [1.82, 2.24) is 10.6 Å². The second kappa shape index (κ2) is 8.54. The molecule has 2 heterocycles. The van der Waals surface area contributed by atoms with E-state index in [1.807, 2.05) is 18.2 Å². The molecule has 6 heteroatoms. The van der Waals surface area contributed by atoms with Crippen LogP contribution in [0.2, 0.25) is 0 Å². The molecule has 1 aromatic rings. The molecular weight excluding hydrogens is 330 g/mol. The summed E-state index contributed by atoms with van der Waals surface area (Å²) in [6, 6.07) is 5.73. The van der Waals surface area contributed by atoms with Crippen molar-refractivity contribution in [2.45, 2.75) is 45.4 Å². The summed E-state index contributed by atoms with van der Waals surface area (Å²) < 4.78 is 5.76. The van der Waals surface area contributed by atoms with Crippen LogP contribution >= 0.6 is 0 Å². The van der Waals surface area contributed by atoms with Crippen LogP contribution in [-0.2, 0) is 16.0 Å². The summed E-state index contributed by atoms with van der Waals surface area (Å²) in [6.07, 6.45) is 4.65. The normalized spacial score (nSPS) is 18.6. The summed E-state index contributed by atoms with van der Waals surface area (Å²) >= 11 is 0. The van der Waals surface area contributed by atoms with Gasteiger partial charge in [-0.25, -0.2) is 0 Å². The van der Waals surface area contributed by atoms with Crippen molar-refractivity contribution < 1.29 is 14.3 Å². The van der Waals surface area contributed by atoms with E-state index in [4.69, 9.17) is 4.74 Å². The highest BCUT2D eigenvalue weighted by Gasteiger charge is 2.26. The Morgan fingerprint density at radius 3 is 2.88 bits per heavy atom. The molecule has 0 radical (unpaired) electrons. The summed E-state index contributed by atoms with van der Waals surface area (Å²) in [5, 5.41) is 9.29. The molecular formula is C20H29N3O3. The zero-order valence-electron chi connectivity index (χ0n) is 15.5. The lowest BCUT2D eigenvalue weighted by Gasteiger charge is -2.34. The number of piperidine rings is 1. The first kappa shape index (κ1) is 18.7. The van der Waals surface area contributed by atoms with Gasteiger partial charge in [0.15, 0.2) is 0 Å². The van der Waals surface area contributed by atoms with Crippen molar-refractivity contribution >= 4 is 17.5 Å². The van der Waals surface area contributed by atoms with Crippen molar-refractivity contribution in [2.24, 2.45) is 5.41 Å². The fourth-order valence-electron chi connectivity index (χ4n) is 3.48. The third kappa shape index (κ3) is 5.21. The number of hydrogen-bond acceptors (Lipinski definition) is 4. The van der Waals surface area contributed by atoms with E-state index in [0.717, 1.165) is 55.9 Å². The first-order valence-electron chi connectivity index (χ1n) is 9.57. The minimum absolute atomic E-state index is 0.0653. The molecule has 0 spiro atoms. The summed E-state index contributed by atoms with van der Waals surface area (Å²) in [4.78, 5) is 23.4. The van der Waals surface area contributed by atoms with Gasteiger partial charge in [-0.15, -0.1) is 0 Å². The smallest absolute Gasteiger partial charge is 0.224 e.